The predicted octanol–water partition coefficient (Wildman–Crippen LogP) is 0.825. The molecule has 0 atom stereocenters. The molecule has 136 valence electrons. The Morgan fingerprint density at radius 2 is 2.00 bits per heavy atom. The first-order valence-corrected chi connectivity index (χ1v) is 8.46. The van der Waals surface area contributed by atoms with Crippen LogP contribution in [0.15, 0.2) is 24.4 Å². The van der Waals surface area contributed by atoms with Crippen molar-refractivity contribution in [3.63, 3.8) is 0 Å². The number of rotatable bonds is 6. The second kappa shape index (κ2) is 9.61. The van der Waals surface area contributed by atoms with E-state index in [2.05, 4.69) is 15.6 Å². The highest BCUT2D eigenvalue weighted by Gasteiger charge is 2.24. The number of amides is 3. The van der Waals surface area contributed by atoms with Crippen LogP contribution >= 0.6 is 0 Å². The molecule has 8 nitrogen and oxygen atoms in total. The van der Waals surface area contributed by atoms with Crippen LogP contribution in [0, 0.1) is 0 Å². The van der Waals surface area contributed by atoms with Gasteiger partial charge in [0, 0.05) is 25.3 Å². The average molecular weight is 348 g/mol. The SMILES string of the molecule is CCOC(=O)N1CCC(NC(=O)CC(=O)NCc2ccccn2)CC1. The number of carbonyl (C=O) groups excluding carboxylic acids is 3. The van der Waals surface area contributed by atoms with E-state index in [4.69, 9.17) is 4.74 Å². The number of aromatic nitrogens is 1. The summed E-state index contributed by atoms with van der Waals surface area (Å²) in [6.45, 7) is 3.49. The summed E-state index contributed by atoms with van der Waals surface area (Å²) < 4.78 is 4.96. The maximum atomic E-state index is 12.0. The van der Waals surface area contributed by atoms with Crippen molar-refractivity contribution in [1.82, 2.24) is 20.5 Å². The number of hydrogen-bond acceptors (Lipinski definition) is 5. The van der Waals surface area contributed by atoms with Gasteiger partial charge in [-0.1, -0.05) is 6.07 Å². The zero-order valence-corrected chi connectivity index (χ0v) is 14.4. The van der Waals surface area contributed by atoms with Gasteiger partial charge in [-0.25, -0.2) is 4.79 Å². The van der Waals surface area contributed by atoms with Crippen molar-refractivity contribution >= 4 is 17.9 Å². The summed E-state index contributed by atoms with van der Waals surface area (Å²) in [5.41, 5.74) is 0.739. The number of nitrogens with zero attached hydrogens (tertiary/aromatic N) is 2. The van der Waals surface area contributed by atoms with Crippen molar-refractivity contribution in [3.05, 3.63) is 30.1 Å². The smallest absolute Gasteiger partial charge is 0.409 e. The third-order valence-corrected chi connectivity index (χ3v) is 3.90. The summed E-state index contributed by atoms with van der Waals surface area (Å²) in [6.07, 6.45) is 2.42. The summed E-state index contributed by atoms with van der Waals surface area (Å²) >= 11 is 0. The lowest BCUT2D eigenvalue weighted by atomic mass is 10.1. The van der Waals surface area contributed by atoms with E-state index in [1.807, 2.05) is 6.07 Å². The summed E-state index contributed by atoms with van der Waals surface area (Å²) in [7, 11) is 0. The van der Waals surface area contributed by atoms with Crippen molar-refractivity contribution in [2.24, 2.45) is 0 Å². The Balaban J connectivity index is 1.65. The van der Waals surface area contributed by atoms with Crippen LogP contribution in [0.3, 0.4) is 0 Å². The summed E-state index contributed by atoms with van der Waals surface area (Å²) in [4.78, 5) is 41.1. The number of ether oxygens (including phenoxy) is 1. The van der Waals surface area contributed by atoms with Crippen molar-refractivity contribution in [2.75, 3.05) is 19.7 Å². The molecule has 0 aromatic carbocycles. The minimum absolute atomic E-state index is 0.0261. The van der Waals surface area contributed by atoms with Gasteiger partial charge in [-0.05, 0) is 31.9 Å². The fourth-order valence-corrected chi connectivity index (χ4v) is 2.60. The number of nitrogens with one attached hydrogen (secondary N) is 2. The quantitative estimate of drug-likeness (QED) is 0.742. The van der Waals surface area contributed by atoms with Crippen molar-refractivity contribution < 1.29 is 19.1 Å². The Bertz CT molecular complexity index is 586. The van der Waals surface area contributed by atoms with E-state index in [9.17, 15) is 14.4 Å². The molecule has 1 saturated heterocycles. The van der Waals surface area contributed by atoms with Crippen LogP contribution in [-0.2, 0) is 20.9 Å². The highest BCUT2D eigenvalue weighted by atomic mass is 16.6. The van der Waals surface area contributed by atoms with Gasteiger partial charge >= 0.3 is 6.09 Å². The van der Waals surface area contributed by atoms with Crippen LogP contribution < -0.4 is 10.6 Å². The Morgan fingerprint density at radius 3 is 2.64 bits per heavy atom. The van der Waals surface area contributed by atoms with E-state index >= 15 is 0 Å². The molecule has 25 heavy (non-hydrogen) atoms. The van der Waals surface area contributed by atoms with E-state index in [1.165, 1.54) is 0 Å². The number of hydrogen-bond donors (Lipinski definition) is 2. The molecule has 3 amide bonds. The van der Waals surface area contributed by atoms with Gasteiger partial charge in [-0.3, -0.25) is 14.6 Å². The molecular weight excluding hydrogens is 324 g/mol. The van der Waals surface area contributed by atoms with Crippen molar-refractivity contribution in [3.8, 4) is 0 Å². The third-order valence-electron chi connectivity index (χ3n) is 3.90. The monoisotopic (exact) mass is 348 g/mol. The normalized spacial score (nSPS) is 14.7. The maximum Gasteiger partial charge on any atom is 0.409 e. The molecule has 0 unspecified atom stereocenters. The fourth-order valence-electron chi connectivity index (χ4n) is 2.60. The van der Waals surface area contributed by atoms with Gasteiger partial charge in [-0.2, -0.15) is 0 Å². The van der Waals surface area contributed by atoms with Crippen LogP contribution in [0.4, 0.5) is 4.79 Å². The number of carbonyl (C=O) groups is 3. The Labute approximate surface area is 146 Å². The second-order valence-electron chi connectivity index (χ2n) is 5.80. The third kappa shape index (κ3) is 6.40. The Hall–Kier alpha value is -2.64. The lowest BCUT2D eigenvalue weighted by molar-refractivity contribution is -0.129. The first-order valence-electron chi connectivity index (χ1n) is 8.46. The highest BCUT2D eigenvalue weighted by molar-refractivity contribution is 5.96. The molecule has 1 fully saturated rings. The van der Waals surface area contributed by atoms with E-state index in [0.717, 1.165) is 5.69 Å². The van der Waals surface area contributed by atoms with Crippen LogP contribution in [0.25, 0.3) is 0 Å². The molecule has 1 aromatic heterocycles. The fraction of sp³-hybridized carbons (Fsp3) is 0.529. The molecule has 2 rings (SSSR count). The molecule has 1 aliphatic heterocycles. The largest absolute Gasteiger partial charge is 0.450 e. The van der Waals surface area contributed by atoms with Crippen LogP contribution in [0.1, 0.15) is 31.9 Å². The van der Waals surface area contributed by atoms with Crippen molar-refractivity contribution in [2.45, 2.75) is 38.8 Å². The topological polar surface area (TPSA) is 101 Å². The Kier molecular flexibility index (Phi) is 7.18. The van der Waals surface area contributed by atoms with E-state index in [1.54, 1.807) is 30.2 Å². The maximum absolute atomic E-state index is 12.0. The minimum Gasteiger partial charge on any atom is -0.450 e. The zero-order chi connectivity index (χ0) is 18.1. The van der Waals surface area contributed by atoms with Crippen LogP contribution in [-0.4, -0.2) is 53.5 Å². The second-order valence-corrected chi connectivity index (χ2v) is 5.80. The van der Waals surface area contributed by atoms with Gasteiger partial charge < -0.3 is 20.3 Å². The molecule has 1 aliphatic rings. The van der Waals surface area contributed by atoms with Crippen molar-refractivity contribution in [1.29, 1.82) is 0 Å². The van der Waals surface area contributed by atoms with Crippen LogP contribution in [0.5, 0.6) is 0 Å². The summed E-state index contributed by atoms with van der Waals surface area (Å²) in [5, 5.41) is 5.52. The van der Waals surface area contributed by atoms with Gasteiger partial charge in [0.1, 0.15) is 6.42 Å². The molecule has 0 bridgehead atoms. The van der Waals surface area contributed by atoms with E-state index < -0.39 is 0 Å². The molecule has 0 saturated carbocycles. The molecule has 2 heterocycles. The first kappa shape index (κ1) is 18.7. The van der Waals surface area contributed by atoms with Gasteiger partial charge in [-0.15, -0.1) is 0 Å². The van der Waals surface area contributed by atoms with E-state index in [-0.39, 0.29) is 30.4 Å². The zero-order valence-electron chi connectivity index (χ0n) is 14.4. The van der Waals surface area contributed by atoms with Gasteiger partial charge in [0.05, 0.1) is 18.8 Å². The Morgan fingerprint density at radius 1 is 1.24 bits per heavy atom. The summed E-state index contributed by atoms with van der Waals surface area (Å²) in [5.74, 6) is -0.653. The first-order chi connectivity index (χ1) is 12.1. The molecule has 2 N–H and O–H groups in total. The highest BCUT2D eigenvalue weighted by Crippen LogP contribution is 2.11. The lowest BCUT2D eigenvalue weighted by Gasteiger charge is -2.31. The van der Waals surface area contributed by atoms with Gasteiger partial charge in [0.25, 0.3) is 0 Å². The molecule has 1 aromatic rings. The molecule has 0 spiro atoms. The van der Waals surface area contributed by atoms with Gasteiger partial charge in [0.2, 0.25) is 11.8 Å². The average Bonchev–Trinajstić information content (AvgIpc) is 2.61. The van der Waals surface area contributed by atoms with Gasteiger partial charge in [0.15, 0.2) is 0 Å². The van der Waals surface area contributed by atoms with Crippen LogP contribution in [0.2, 0.25) is 0 Å². The minimum atomic E-state index is -0.341. The number of piperidine rings is 1. The standard InChI is InChI=1S/C17H24N4O4/c1-2-25-17(24)21-9-6-13(7-10-21)20-16(23)11-15(22)19-12-14-5-3-4-8-18-14/h3-5,8,13H,2,6-7,9-12H2,1H3,(H,19,22)(H,20,23). The molecule has 8 heteroatoms. The predicted molar refractivity (Wildman–Crippen MR) is 90.5 cm³/mol. The molecule has 0 radical (unpaired) electrons. The number of pyridine rings is 1. The molecular formula is C17H24N4O4. The van der Waals surface area contributed by atoms with E-state index in [0.29, 0.717) is 39.1 Å². The lowest BCUT2D eigenvalue weighted by Crippen LogP contribution is -2.47. The number of likely N-dealkylation sites (tertiary alicyclic amines) is 1. The summed E-state index contributed by atoms with van der Waals surface area (Å²) in [6, 6.07) is 5.41. The molecule has 0 aliphatic carbocycles.